The van der Waals surface area contributed by atoms with Gasteiger partial charge in [0.2, 0.25) is 0 Å². The highest BCUT2D eigenvalue weighted by molar-refractivity contribution is 5.82. The lowest BCUT2D eigenvalue weighted by molar-refractivity contribution is -0.138. The highest BCUT2D eigenvalue weighted by Gasteiger charge is 2.31. The molecule has 0 aliphatic heterocycles. The van der Waals surface area contributed by atoms with Crippen LogP contribution in [0.4, 0.5) is 26.3 Å². The maximum absolute atomic E-state index is 13.7. The zero-order valence-electron chi connectivity index (χ0n) is 22.5. The number of halogens is 6. The van der Waals surface area contributed by atoms with Crippen LogP contribution in [0.3, 0.4) is 0 Å². The molecular formula is C31H21F6N5O2. The zero-order chi connectivity index (χ0) is 31.2. The highest BCUT2D eigenvalue weighted by atomic mass is 19.4. The molecule has 7 nitrogen and oxygen atoms in total. The second kappa shape index (κ2) is 10.7. The maximum atomic E-state index is 13.7. The van der Waals surface area contributed by atoms with Gasteiger partial charge >= 0.3 is 18.0 Å². The second-order valence-electron chi connectivity index (χ2n) is 10.1. The molecule has 3 aromatic carbocycles. The molecule has 6 aromatic rings. The van der Waals surface area contributed by atoms with Crippen molar-refractivity contribution >= 4 is 11.0 Å². The van der Waals surface area contributed by atoms with Gasteiger partial charge in [0.25, 0.3) is 5.56 Å². The molecule has 0 unspecified atom stereocenters. The van der Waals surface area contributed by atoms with Gasteiger partial charge in [-0.3, -0.25) is 13.9 Å². The van der Waals surface area contributed by atoms with Crippen LogP contribution < -0.4 is 11.2 Å². The van der Waals surface area contributed by atoms with E-state index >= 15 is 0 Å². The van der Waals surface area contributed by atoms with Crippen LogP contribution in [0.25, 0.3) is 28.0 Å². The minimum Gasteiger partial charge on any atom is -0.349 e. The van der Waals surface area contributed by atoms with Crippen molar-refractivity contribution in [3.63, 3.8) is 0 Å². The Kier molecular flexibility index (Phi) is 7.02. The van der Waals surface area contributed by atoms with Crippen molar-refractivity contribution < 1.29 is 26.3 Å². The average molecular weight is 610 g/mol. The Morgan fingerprint density at radius 2 is 1.25 bits per heavy atom. The van der Waals surface area contributed by atoms with Gasteiger partial charge in [-0.15, -0.1) is 0 Å². The number of rotatable bonds is 6. The number of hydrogen-bond donors (Lipinski definition) is 1. The summed E-state index contributed by atoms with van der Waals surface area (Å²) in [5.41, 5.74) is -0.541. The molecule has 1 N–H and O–H groups in total. The third-order valence-electron chi connectivity index (χ3n) is 7.17. The van der Waals surface area contributed by atoms with Crippen LogP contribution in [0.1, 0.15) is 22.3 Å². The van der Waals surface area contributed by atoms with Crippen molar-refractivity contribution in [2.24, 2.45) is 0 Å². The van der Waals surface area contributed by atoms with E-state index in [9.17, 15) is 35.9 Å². The van der Waals surface area contributed by atoms with Crippen LogP contribution in [0, 0.1) is 0 Å². The number of aromatic amines is 1. The molecule has 6 rings (SSSR count). The van der Waals surface area contributed by atoms with E-state index in [0.717, 1.165) is 34.5 Å². The number of aromatic nitrogens is 5. The second-order valence-corrected chi connectivity index (χ2v) is 10.1. The lowest BCUT2D eigenvalue weighted by Crippen LogP contribution is -2.40. The van der Waals surface area contributed by atoms with Crippen LogP contribution >= 0.6 is 0 Å². The van der Waals surface area contributed by atoms with Gasteiger partial charge in [-0.05, 0) is 53.6 Å². The van der Waals surface area contributed by atoms with E-state index in [1.165, 1.54) is 28.8 Å². The first-order valence-corrected chi connectivity index (χ1v) is 13.2. The number of nitrogens with zero attached hydrogens (tertiary/aromatic N) is 4. The molecule has 0 aliphatic carbocycles. The molecule has 0 bridgehead atoms. The molecule has 0 atom stereocenters. The number of alkyl halides is 6. The largest absolute Gasteiger partial charge is 0.416 e. The quantitative estimate of drug-likeness (QED) is 0.220. The minimum atomic E-state index is -4.56. The first kappa shape index (κ1) is 28.8. The van der Waals surface area contributed by atoms with E-state index in [-0.39, 0.29) is 29.7 Å². The van der Waals surface area contributed by atoms with Crippen molar-refractivity contribution in [3.05, 3.63) is 140 Å². The van der Waals surface area contributed by atoms with Gasteiger partial charge in [0, 0.05) is 11.8 Å². The first-order chi connectivity index (χ1) is 20.9. The molecule has 0 radical (unpaired) electrons. The summed E-state index contributed by atoms with van der Waals surface area (Å²) in [5.74, 6) is 0. The van der Waals surface area contributed by atoms with Crippen LogP contribution in [-0.4, -0.2) is 23.9 Å². The van der Waals surface area contributed by atoms with Gasteiger partial charge < -0.3 is 4.98 Å². The number of benzene rings is 3. The number of fused-ring (bicyclic) bond motifs is 1. The van der Waals surface area contributed by atoms with Gasteiger partial charge in [-0.1, -0.05) is 42.5 Å². The minimum absolute atomic E-state index is 0.0332. The molecule has 0 amide bonds. The van der Waals surface area contributed by atoms with E-state index in [1.54, 1.807) is 23.1 Å². The Balaban J connectivity index is 1.46. The molecule has 13 heteroatoms. The summed E-state index contributed by atoms with van der Waals surface area (Å²) >= 11 is 0. The normalized spacial score (nSPS) is 12.2. The Bertz CT molecular complexity index is 2070. The predicted molar refractivity (Wildman–Crippen MR) is 150 cm³/mol. The zero-order valence-corrected chi connectivity index (χ0v) is 22.5. The molecule has 0 aliphatic rings. The van der Waals surface area contributed by atoms with E-state index in [1.807, 2.05) is 30.3 Å². The topological polar surface area (TPSA) is 77.6 Å². The molecule has 224 valence electrons. The summed E-state index contributed by atoms with van der Waals surface area (Å²) in [6.07, 6.45) is -5.81. The third-order valence-corrected chi connectivity index (χ3v) is 7.17. The summed E-state index contributed by atoms with van der Waals surface area (Å²) < 4.78 is 82.3. The van der Waals surface area contributed by atoms with E-state index in [2.05, 4.69) is 10.1 Å². The Morgan fingerprint density at radius 1 is 0.705 bits per heavy atom. The molecule has 0 saturated carbocycles. The first-order valence-electron chi connectivity index (χ1n) is 13.2. The highest BCUT2D eigenvalue weighted by Crippen LogP contribution is 2.30. The van der Waals surface area contributed by atoms with Crippen LogP contribution in [0.5, 0.6) is 0 Å². The van der Waals surface area contributed by atoms with E-state index in [0.29, 0.717) is 16.8 Å². The van der Waals surface area contributed by atoms with Gasteiger partial charge in [0.1, 0.15) is 5.52 Å². The summed E-state index contributed by atoms with van der Waals surface area (Å²) in [4.78, 5) is 30.4. The maximum Gasteiger partial charge on any atom is 0.416 e. The summed E-state index contributed by atoms with van der Waals surface area (Å²) in [6, 6.07) is 19.2. The van der Waals surface area contributed by atoms with Crippen molar-refractivity contribution in [2.45, 2.75) is 25.4 Å². The Labute approximate surface area is 244 Å². The Morgan fingerprint density at radius 3 is 1.80 bits per heavy atom. The molecule has 3 heterocycles. The van der Waals surface area contributed by atoms with Gasteiger partial charge in [-0.25, -0.2) is 9.48 Å². The molecule has 0 spiro atoms. The van der Waals surface area contributed by atoms with Gasteiger partial charge in [-0.2, -0.15) is 31.4 Å². The summed E-state index contributed by atoms with van der Waals surface area (Å²) in [7, 11) is 0. The molecule has 3 aromatic heterocycles. The number of para-hydroxylation sites is 1. The van der Waals surface area contributed by atoms with Crippen LogP contribution in [0.15, 0.2) is 107 Å². The lowest BCUT2D eigenvalue weighted by atomic mass is 10.1. The van der Waals surface area contributed by atoms with E-state index < -0.39 is 34.7 Å². The fraction of sp³-hybridized carbons (Fsp3) is 0.129. The number of nitrogens with one attached hydrogen (secondary N) is 1. The summed E-state index contributed by atoms with van der Waals surface area (Å²) in [5, 5.41) is 4.36. The smallest absolute Gasteiger partial charge is 0.349 e. The predicted octanol–water partition coefficient (Wildman–Crippen LogP) is 6.48. The Hall–Kier alpha value is -5.33. The SMILES string of the molecule is O=c1c2[nH]c(-c3cnn(-c4ccccc4)c3)cc2n(Cc2ccc(C(F)(F)F)cc2)c(=O)n1Cc1ccc(C(F)(F)F)cc1. The number of hydrogen-bond acceptors (Lipinski definition) is 3. The number of H-pyrrole nitrogens is 1. The average Bonchev–Trinajstić information content (AvgIpc) is 3.66. The molecular weight excluding hydrogens is 588 g/mol. The third kappa shape index (κ3) is 5.55. The summed E-state index contributed by atoms with van der Waals surface area (Å²) in [6.45, 7) is -0.514. The standard InChI is InChI=1S/C31H21F6N5O2/c32-30(33,34)22-10-6-19(7-11-22)16-40-26-14-25(21-15-38-42(18-21)24-4-2-1-3-5-24)39-27(26)28(43)41(29(40)44)17-20-8-12-23(13-9-20)31(35,36)37/h1-15,18,39H,16-17H2. The lowest BCUT2D eigenvalue weighted by Gasteiger charge is -2.14. The van der Waals surface area contributed by atoms with Gasteiger partial charge in [0.05, 0.1) is 47.3 Å². The molecule has 0 fully saturated rings. The molecule has 44 heavy (non-hydrogen) atoms. The van der Waals surface area contributed by atoms with Crippen molar-refractivity contribution in [3.8, 4) is 16.9 Å². The van der Waals surface area contributed by atoms with Crippen molar-refractivity contribution in [2.75, 3.05) is 0 Å². The molecule has 0 saturated heterocycles. The monoisotopic (exact) mass is 609 g/mol. The van der Waals surface area contributed by atoms with Crippen LogP contribution in [-0.2, 0) is 25.4 Å². The van der Waals surface area contributed by atoms with Crippen molar-refractivity contribution in [1.82, 2.24) is 23.9 Å². The van der Waals surface area contributed by atoms with E-state index in [4.69, 9.17) is 0 Å². The fourth-order valence-corrected chi connectivity index (χ4v) is 4.89. The fourth-order valence-electron chi connectivity index (χ4n) is 4.89. The van der Waals surface area contributed by atoms with Crippen molar-refractivity contribution in [1.29, 1.82) is 0 Å². The van der Waals surface area contributed by atoms with Gasteiger partial charge in [0.15, 0.2) is 0 Å². The van der Waals surface area contributed by atoms with Crippen LogP contribution in [0.2, 0.25) is 0 Å².